The molecule has 3 saturated heterocycles. The van der Waals surface area contributed by atoms with Gasteiger partial charge in [-0.05, 0) is 68.0 Å². The standard InChI is InChI=1S/C41H76N2O16/c1-14-29-40(9,49)34(46)24(4)31(42-54-21-53-16-15-51-12)22(2)18-41(50,20-44)36(59-38-32(45)28(43(10)11)17-23(3)55-38)25(5)33(26(6)37(48)57-29)58-30-19-39(8,52-13)35(47)27(7)56-30/h22-30,32-36,38,44-47,49-50H,14-21H2,1-13H3/b42-31+/t22-,23-,24+,25+,26-,27+,28+,29-,30+,32-,33+,34-,35+,36-,38+,39-,40-,41+/m1/s1. The zero-order chi connectivity index (χ0) is 44.6. The van der Waals surface area contributed by atoms with Crippen molar-refractivity contribution in [2.24, 2.45) is 28.8 Å². The molecule has 18 heteroatoms. The van der Waals surface area contributed by atoms with Crippen molar-refractivity contribution in [2.75, 3.05) is 54.9 Å². The average Bonchev–Trinajstić information content (AvgIpc) is 3.18. The number of likely N-dealkylation sites (N-methyl/N-ethyl adjacent to an activating group) is 1. The topological polar surface area (TPSA) is 237 Å². The molecule has 59 heavy (non-hydrogen) atoms. The van der Waals surface area contributed by atoms with Crippen molar-refractivity contribution in [3.63, 3.8) is 0 Å². The van der Waals surface area contributed by atoms with E-state index in [0.29, 0.717) is 13.0 Å². The summed E-state index contributed by atoms with van der Waals surface area (Å²) in [6.07, 6.45) is -10.7. The molecular formula is C41H76N2O16. The Morgan fingerprint density at radius 2 is 1.58 bits per heavy atom. The SMILES string of the molecule is CC[C@H]1OC(=O)[C@H](C)[C@@H](O[C@H]2C[C@@](C)(OC)[C@@H](O)[C@H](C)O2)[C@H](C)[C@@H](O[C@@H]2O[C@H](C)C[C@H](N(C)C)[C@H]2O)[C@@](O)(CO)C[C@@H](C)/C(=N\OCOCCOC)[C@H](C)[C@@H](O)[C@]1(C)O. The number of carbonyl (C=O) groups excluding carboxylic acids is 1. The molecule has 18 nitrogen and oxygen atoms in total. The Bertz CT molecular complexity index is 1330. The number of ether oxygens (including phenoxy) is 8. The summed E-state index contributed by atoms with van der Waals surface area (Å²) >= 11 is 0. The van der Waals surface area contributed by atoms with Gasteiger partial charge in [-0.3, -0.25) is 4.79 Å². The molecule has 0 unspecified atom stereocenters. The van der Waals surface area contributed by atoms with E-state index in [-0.39, 0.29) is 44.5 Å². The Kier molecular flexibility index (Phi) is 19.4. The van der Waals surface area contributed by atoms with E-state index in [0.717, 1.165) is 0 Å². The first-order valence-electron chi connectivity index (χ1n) is 20.9. The molecule has 0 amide bonds. The molecule has 0 spiro atoms. The molecule has 0 aromatic heterocycles. The van der Waals surface area contributed by atoms with Gasteiger partial charge in [-0.2, -0.15) is 0 Å². The van der Waals surface area contributed by atoms with Gasteiger partial charge in [0.2, 0.25) is 6.79 Å². The highest BCUT2D eigenvalue weighted by Crippen LogP contribution is 2.41. The van der Waals surface area contributed by atoms with E-state index >= 15 is 0 Å². The predicted octanol–water partition coefficient (Wildman–Crippen LogP) is 1.18. The quantitative estimate of drug-likeness (QED) is 0.0623. The molecule has 3 heterocycles. The minimum atomic E-state index is -2.17. The smallest absolute Gasteiger partial charge is 0.311 e. The van der Waals surface area contributed by atoms with E-state index in [1.54, 1.807) is 48.5 Å². The number of nitrogens with zero attached hydrogens (tertiary/aromatic N) is 2. The minimum absolute atomic E-state index is 0.0463. The summed E-state index contributed by atoms with van der Waals surface area (Å²) in [4.78, 5) is 21.7. The fourth-order valence-corrected chi connectivity index (χ4v) is 8.90. The lowest BCUT2D eigenvalue weighted by molar-refractivity contribution is -0.320. The summed E-state index contributed by atoms with van der Waals surface area (Å²) in [5.74, 6) is -4.67. The van der Waals surface area contributed by atoms with Gasteiger partial charge in [0.1, 0.15) is 29.5 Å². The van der Waals surface area contributed by atoms with Crippen LogP contribution in [-0.2, 0) is 47.5 Å². The lowest BCUT2D eigenvalue weighted by atomic mass is 9.73. The molecule has 3 aliphatic heterocycles. The lowest BCUT2D eigenvalue weighted by Crippen LogP contribution is -2.62. The Hall–Kier alpha value is -1.62. The average molecular weight is 853 g/mol. The third-order valence-corrected chi connectivity index (χ3v) is 12.7. The van der Waals surface area contributed by atoms with Gasteiger partial charge >= 0.3 is 5.97 Å². The lowest BCUT2D eigenvalue weighted by Gasteiger charge is -2.49. The van der Waals surface area contributed by atoms with E-state index < -0.39 is 114 Å². The maximum Gasteiger partial charge on any atom is 0.311 e. The van der Waals surface area contributed by atoms with Crippen LogP contribution in [0.1, 0.15) is 88.0 Å². The van der Waals surface area contributed by atoms with Crippen LogP contribution in [0.2, 0.25) is 0 Å². The number of rotatable bonds is 14. The zero-order valence-corrected chi connectivity index (χ0v) is 37.5. The summed E-state index contributed by atoms with van der Waals surface area (Å²) < 4.78 is 47.9. The molecule has 0 radical (unpaired) electrons. The highest BCUT2D eigenvalue weighted by Gasteiger charge is 2.54. The number of cyclic esters (lactones) is 1. The second-order valence-corrected chi connectivity index (χ2v) is 17.6. The van der Waals surface area contributed by atoms with Crippen molar-refractivity contribution >= 4 is 11.7 Å². The summed E-state index contributed by atoms with van der Waals surface area (Å²) in [6, 6.07) is -0.391. The highest BCUT2D eigenvalue weighted by atomic mass is 16.7. The fourth-order valence-electron chi connectivity index (χ4n) is 8.90. The Morgan fingerprint density at radius 3 is 2.15 bits per heavy atom. The first kappa shape index (κ1) is 51.7. The van der Waals surface area contributed by atoms with E-state index in [1.165, 1.54) is 21.1 Å². The molecule has 0 aliphatic carbocycles. The van der Waals surface area contributed by atoms with Crippen molar-refractivity contribution in [1.82, 2.24) is 4.90 Å². The van der Waals surface area contributed by atoms with Crippen molar-refractivity contribution in [2.45, 2.75) is 172 Å². The third-order valence-electron chi connectivity index (χ3n) is 12.7. The van der Waals surface area contributed by atoms with E-state index in [2.05, 4.69) is 5.16 Å². The zero-order valence-electron chi connectivity index (χ0n) is 37.5. The monoisotopic (exact) mass is 853 g/mol. The first-order valence-corrected chi connectivity index (χ1v) is 20.9. The first-order chi connectivity index (χ1) is 27.5. The van der Waals surface area contributed by atoms with Crippen LogP contribution in [0.4, 0.5) is 0 Å². The number of oxime groups is 1. The van der Waals surface area contributed by atoms with E-state index in [1.807, 2.05) is 25.9 Å². The van der Waals surface area contributed by atoms with Crippen LogP contribution in [0.3, 0.4) is 0 Å². The molecule has 0 saturated carbocycles. The number of hydrogen-bond donors (Lipinski definition) is 6. The second kappa shape index (κ2) is 22.1. The van der Waals surface area contributed by atoms with Gasteiger partial charge in [-0.15, -0.1) is 0 Å². The molecule has 0 aromatic carbocycles. The summed E-state index contributed by atoms with van der Waals surface area (Å²) in [5, 5.41) is 74.8. The maximum absolute atomic E-state index is 14.3. The van der Waals surface area contributed by atoms with Crippen LogP contribution in [0.5, 0.6) is 0 Å². The van der Waals surface area contributed by atoms with Crippen LogP contribution in [0.25, 0.3) is 0 Å². The van der Waals surface area contributed by atoms with Gasteiger partial charge in [0.05, 0.1) is 67.6 Å². The van der Waals surface area contributed by atoms with Crippen molar-refractivity contribution in [3.8, 4) is 0 Å². The Balaban J connectivity index is 2.26. The molecule has 346 valence electrons. The van der Waals surface area contributed by atoms with Gasteiger partial charge < -0.3 is 78.3 Å². The fraction of sp³-hybridized carbons (Fsp3) is 0.951. The summed E-state index contributed by atoms with van der Waals surface area (Å²) in [7, 11) is 6.65. The summed E-state index contributed by atoms with van der Waals surface area (Å²) in [5.41, 5.74) is -5.09. The third kappa shape index (κ3) is 12.3. The van der Waals surface area contributed by atoms with Crippen LogP contribution >= 0.6 is 0 Å². The van der Waals surface area contributed by atoms with Crippen molar-refractivity contribution in [1.29, 1.82) is 0 Å². The number of carbonyl (C=O) groups is 1. The Labute approximate surface area is 350 Å². The van der Waals surface area contributed by atoms with Crippen LogP contribution < -0.4 is 0 Å². The molecular weight excluding hydrogens is 776 g/mol. The van der Waals surface area contributed by atoms with Crippen molar-refractivity contribution in [3.05, 3.63) is 0 Å². The molecule has 18 atom stereocenters. The van der Waals surface area contributed by atoms with Gasteiger partial charge in [0.15, 0.2) is 12.6 Å². The largest absolute Gasteiger partial charge is 0.459 e. The number of hydrogen-bond acceptors (Lipinski definition) is 18. The molecule has 3 fully saturated rings. The number of aliphatic hydroxyl groups is 6. The summed E-state index contributed by atoms with van der Waals surface area (Å²) in [6.45, 7) is 14.3. The van der Waals surface area contributed by atoms with Crippen LogP contribution in [0.15, 0.2) is 5.16 Å². The van der Waals surface area contributed by atoms with Gasteiger partial charge in [-0.25, -0.2) is 0 Å². The Morgan fingerprint density at radius 1 is 0.915 bits per heavy atom. The minimum Gasteiger partial charge on any atom is -0.459 e. The molecule has 6 N–H and O–H groups in total. The number of aliphatic hydroxyl groups excluding tert-OH is 4. The van der Waals surface area contributed by atoms with Gasteiger partial charge in [0, 0.05) is 44.4 Å². The number of esters is 1. The second-order valence-electron chi connectivity index (χ2n) is 17.6. The highest BCUT2D eigenvalue weighted by molar-refractivity contribution is 5.88. The molecule has 3 aliphatic rings. The normalized spacial score (nSPS) is 45.3. The van der Waals surface area contributed by atoms with Crippen LogP contribution in [0, 0.1) is 23.7 Å². The number of methoxy groups -OCH3 is 2. The van der Waals surface area contributed by atoms with E-state index in [4.69, 9.17) is 42.7 Å². The predicted molar refractivity (Wildman–Crippen MR) is 214 cm³/mol. The maximum atomic E-state index is 14.3. The molecule has 0 bridgehead atoms. The van der Waals surface area contributed by atoms with Gasteiger partial charge in [-0.1, -0.05) is 32.9 Å². The van der Waals surface area contributed by atoms with Crippen LogP contribution in [-0.4, -0.2) is 186 Å². The van der Waals surface area contributed by atoms with Gasteiger partial charge in [0.25, 0.3) is 0 Å². The molecule has 0 aromatic rings. The van der Waals surface area contributed by atoms with E-state index in [9.17, 15) is 35.4 Å². The molecule has 3 rings (SSSR count). The van der Waals surface area contributed by atoms with Crippen molar-refractivity contribution < 1.29 is 78.2 Å².